The summed E-state index contributed by atoms with van der Waals surface area (Å²) in [6.45, 7) is 8.03. The van der Waals surface area contributed by atoms with E-state index in [1.165, 1.54) is 5.57 Å². The van der Waals surface area contributed by atoms with Crippen molar-refractivity contribution < 1.29 is 41.7 Å². The summed E-state index contributed by atoms with van der Waals surface area (Å²) in [7, 11) is 0. The molecule has 36 heavy (non-hydrogen) atoms. The van der Waals surface area contributed by atoms with Gasteiger partial charge >= 0.3 is 12.4 Å². The zero-order valence-corrected chi connectivity index (χ0v) is 20.9. The minimum atomic E-state index is -5.77. The molecule has 0 aromatic rings. The van der Waals surface area contributed by atoms with E-state index in [-0.39, 0.29) is 42.4 Å². The fraction of sp³-hybridized carbons (Fsp3) is 0.778. The Labute approximate surface area is 209 Å². The lowest BCUT2D eigenvalue weighted by molar-refractivity contribution is -0.370. The Morgan fingerprint density at radius 1 is 1.08 bits per heavy atom. The van der Waals surface area contributed by atoms with Crippen LogP contribution in [0.25, 0.3) is 0 Å². The summed E-state index contributed by atoms with van der Waals surface area (Å²) in [5.74, 6) is 0.355. The van der Waals surface area contributed by atoms with Crippen molar-refractivity contribution in [2.45, 2.75) is 108 Å². The number of fused-ring (bicyclic) bond motifs is 1. The van der Waals surface area contributed by atoms with Crippen molar-refractivity contribution in [2.24, 2.45) is 23.2 Å². The molecule has 3 nitrogen and oxygen atoms in total. The first-order chi connectivity index (χ1) is 16.5. The molecule has 3 saturated carbocycles. The highest BCUT2D eigenvalue weighted by Crippen LogP contribution is 2.60. The normalized spacial score (nSPS) is 35.4. The zero-order chi connectivity index (χ0) is 27.1. The lowest BCUT2D eigenvalue weighted by Gasteiger charge is -2.44. The second-order valence-corrected chi connectivity index (χ2v) is 11.4. The summed E-state index contributed by atoms with van der Waals surface area (Å²) in [5.41, 5.74) is -2.08. The minimum absolute atomic E-state index is 0.0770. The second kappa shape index (κ2) is 10.4. The van der Waals surface area contributed by atoms with E-state index in [9.17, 15) is 41.7 Å². The Balaban J connectivity index is 1.69. The SMILES string of the molecule is C=C1C(=CC=C2CCC[C@]3(C)[C@@H]2CC[C@@H]3[C@H](C)CCCC(O)(C(F)(F)F)C(F)(F)F)C[C@@H](O)C[C@@H]1O. The van der Waals surface area contributed by atoms with Crippen LogP contribution in [0.3, 0.4) is 0 Å². The van der Waals surface area contributed by atoms with Crippen molar-refractivity contribution in [3.63, 3.8) is 0 Å². The predicted molar refractivity (Wildman–Crippen MR) is 125 cm³/mol. The summed E-state index contributed by atoms with van der Waals surface area (Å²) in [5, 5.41) is 29.5. The van der Waals surface area contributed by atoms with Crippen molar-refractivity contribution in [3.05, 3.63) is 35.5 Å². The molecule has 3 N–H and O–H groups in total. The van der Waals surface area contributed by atoms with Gasteiger partial charge < -0.3 is 15.3 Å². The number of aliphatic hydroxyl groups excluding tert-OH is 2. The van der Waals surface area contributed by atoms with E-state index in [0.29, 0.717) is 12.0 Å². The molecule has 0 unspecified atom stereocenters. The molecule has 9 heteroatoms. The largest absolute Gasteiger partial charge is 0.426 e. The molecule has 3 fully saturated rings. The van der Waals surface area contributed by atoms with E-state index in [0.717, 1.165) is 37.7 Å². The minimum Gasteiger partial charge on any atom is -0.393 e. The van der Waals surface area contributed by atoms with Gasteiger partial charge in [0, 0.05) is 6.42 Å². The smallest absolute Gasteiger partial charge is 0.393 e. The van der Waals surface area contributed by atoms with Crippen molar-refractivity contribution in [2.75, 3.05) is 0 Å². The molecule has 3 aliphatic carbocycles. The molecule has 6 atom stereocenters. The van der Waals surface area contributed by atoms with Gasteiger partial charge in [-0.3, -0.25) is 0 Å². The predicted octanol–water partition coefficient (Wildman–Crippen LogP) is 6.79. The van der Waals surface area contributed by atoms with Crippen molar-refractivity contribution in [1.29, 1.82) is 0 Å². The molecule has 0 aromatic heterocycles. The van der Waals surface area contributed by atoms with Crippen LogP contribution in [0.1, 0.15) is 78.1 Å². The highest BCUT2D eigenvalue weighted by molar-refractivity contribution is 5.38. The summed E-state index contributed by atoms with van der Waals surface area (Å²) in [4.78, 5) is 0. The Kier molecular flexibility index (Phi) is 8.48. The number of allylic oxidation sites excluding steroid dienone is 3. The second-order valence-electron chi connectivity index (χ2n) is 11.4. The highest BCUT2D eigenvalue weighted by atomic mass is 19.4. The van der Waals surface area contributed by atoms with Crippen LogP contribution in [0.4, 0.5) is 26.3 Å². The molecule has 0 amide bonds. The Bertz CT molecular complexity index is 860. The van der Waals surface area contributed by atoms with Gasteiger partial charge in [-0.15, -0.1) is 0 Å². The van der Waals surface area contributed by atoms with Gasteiger partial charge in [-0.1, -0.05) is 44.6 Å². The molecule has 3 aliphatic rings. The van der Waals surface area contributed by atoms with E-state index in [1.807, 2.05) is 13.0 Å². The number of aliphatic hydroxyl groups is 3. The van der Waals surface area contributed by atoms with Crippen LogP contribution in [0.5, 0.6) is 0 Å². The molecule has 206 valence electrons. The summed E-state index contributed by atoms with van der Waals surface area (Å²) < 4.78 is 78.1. The van der Waals surface area contributed by atoms with Gasteiger partial charge in [0.15, 0.2) is 0 Å². The van der Waals surface area contributed by atoms with E-state index in [2.05, 4.69) is 19.6 Å². The van der Waals surface area contributed by atoms with Crippen molar-refractivity contribution >= 4 is 0 Å². The molecule has 0 aromatic carbocycles. The van der Waals surface area contributed by atoms with Crippen LogP contribution in [-0.4, -0.2) is 45.5 Å². The first-order valence-corrected chi connectivity index (χ1v) is 12.8. The maximum absolute atomic E-state index is 13.0. The monoisotopic (exact) mass is 524 g/mol. The maximum Gasteiger partial charge on any atom is 0.426 e. The van der Waals surface area contributed by atoms with Crippen molar-refractivity contribution in [3.8, 4) is 0 Å². The van der Waals surface area contributed by atoms with Gasteiger partial charge in [0.2, 0.25) is 0 Å². The first kappa shape index (κ1) is 29.2. The van der Waals surface area contributed by atoms with E-state index in [1.54, 1.807) is 0 Å². The van der Waals surface area contributed by atoms with Crippen molar-refractivity contribution in [1.82, 2.24) is 0 Å². The standard InChI is InChI=1S/C27H38F6O3/c1-16(6-4-13-25(36,26(28,29)30)27(31,32)33)21-10-11-22-18(7-5-12-24(21,22)3)8-9-19-14-20(34)15-23(35)17(19)2/h8-9,16,20-23,34-36H,2,4-7,10-15H2,1,3H3/t16-,20-,21-,22-,23+,24+/m1/s1. The fourth-order valence-electron chi connectivity index (χ4n) is 7.00. The van der Waals surface area contributed by atoms with Crippen LogP contribution >= 0.6 is 0 Å². The van der Waals surface area contributed by atoms with E-state index >= 15 is 0 Å². The topological polar surface area (TPSA) is 60.7 Å². The molecule has 3 rings (SSSR count). The van der Waals surface area contributed by atoms with Crippen LogP contribution in [0.2, 0.25) is 0 Å². The Morgan fingerprint density at radius 3 is 2.33 bits per heavy atom. The fourth-order valence-corrected chi connectivity index (χ4v) is 7.00. The summed E-state index contributed by atoms with van der Waals surface area (Å²) >= 11 is 0. The number of hydrogen-bond acceptors (Lipinski definition) is 3. The number of halogens is 6. The van der Waals surface area contributed by atoms with Crippen LogP contribution in [0, 0.1) is 23.2 Å². The maximum atomic E-state index is 13.0. The molecule has 0 spiro atoms. The van der Waals surface area contributed by atoms with E-state index < -0.39 is 36.6 Å². The quantitative estimate of drug-likeness (QED) is 0.336. The molecule has 0 aliphatic heterocycles. The Morgan fingerprint density at radius 2 is 1.72 bits per heavy atom. The van der Waals surface area contributed by atoms with Gasteiger partial charge in [0.05, 0.1) is 12.2 Å². The van der Waals surface area contributed by atoms with Gasteiger partial charge in [0.25, 0.3) is 5.60 Å². The highest BCUT2D eigenvalue weighted by Gasteiger charge is 2.69. The number of alkyl halides is 6. The first-order valence-electron chi connectivity index (χ1n) is 12.8. The average molecular weight is 525 g/mol. The number of hydrogen-bond donors (Lipinski definition) is 3. The van der Waals surface area contributed by atoms with Crippen LogP contribution in [0.15, 0.2) is 35.5 Å². The third kappa shape index (κ3) is 5.58. The molecular formula is C27H38F6O3. The van der Waals surface area contributed by atoms with Gasteiger partial charge in [-0.2, -0.15) is 26.3 Å². The molecule has 0 heterocycles. The third-order valence-electron chi connectivity index (χ3n) is 9.12. The van der Waals surface area contributed by atoms with Gasteiger partial charge in [-0.05, 0) is 85.7 Å². The number of rotatable bonds is 6. The molecule has 0 saturated heterocycles. The summed E-state index contributed by atoms with van der Waals surface area (Å²) in [6.07, 6.45) is -5.24. The third-order valence-corrected chi connectivity index (χ3v) is 9.12. The lowest BCUT2D eigenvalue weighted by atomic mass is 9.60. The summed E-state index contributed by atoms with van der Waals surface area (Å²) in [6, 6.07) is 0. The molecule has 0 radical (unpaired) electrons. The Hall–Kier alpha value is -1.32. The molecular weight excluding hydrogens is 486 g/mol. The average Bonchev–Trinajstić information content (AvgIpc) is 3.11. The van der Waals surface area contributed by atoms with Crippen LogP contribution < -0.4 is 0 Å². The van der Waals surface area contributed by atoms with E-state index in [4.69, 9.17) is 0 Å². The van der Waals surface area contributed by atoms with Gasteiger partial charge in [0.1, 0.15) is 0 Å². The molecule has 0 bridgehead atoms. The van der Waals surface area contributed by atoms with Gasteiger partial charge in [-0.25, -0.2) is 0 Å². The zero-order valence-electron chi connectivity index (χ0n) is 20.9. The van der Waals surface area contributed by atoms with Crippen LogP contribution in [-0.2, 0) is 0 Å². The lowest BCUT2D eigenvalue weighted by Crippen LogP contribution is -2.56.